The maximum atomic E-state index is 11.8. The Labute approximate surface area is 176 Å². The van der Waals surface area contributed by atoms with E-state index in [4.69, 9.17) is 9.73 Å². The largest absolute Gasteiger partial charge is 0.494 e. The molecule has 4 rings (SSSR count). The highest BCUT2D eigenvalue weighted by Crippen LogP contribution is 2.30. The zero-order valence-electron chi connectivity index (χ0n) is 17.4. The summed E-state index contributed by atoms with van der Waals surface area (Å²) in [6.07, 6.45) is 3.92. The van der Waals surface area contributed by atoms with E-state index < -0.39 is 5.97 Å². The number of aromatic nitrogens is 1. The van der Waals surface area contributed by atoms with Gasteiger partial charge in [-0.1, -0.05) is 24.6 Å². The number of aromatic amines is 1. The average Bonchev–Trinajstić information content (AvgIpc) is 3.10. The number of methoxy groups -OCH3 is 1. The summed E-state index contributed by atoms with van der Waals surface area (Å²) in [4.78, 5) is 21.9. The van der Waals surface area contributed by atoms with Crippen LogP contribution >= 0.6 is 0 Å². The number of nitrogens with zero attached hydrogens (tertiary/aromatic N) is 2. The lowest BCUT2D eigenvalue weighted by Gasteiger charge is -2.26. The van der Waals surface area contributed by atoms with Crippen molar-refractivity contribution in [2.75, 3.05) is 20.2 Å². The first-order valence-corrected chi connectivity index (χ1v) is 10.3. The van der Waals surface area contributed by atoms with Crippen LogP contribution in [0.15, 0.2) is 47.5 Å². The highest BCUT2D eigenvalue weighted by Gasteiger charge is 2.16. The summed E-state index contributed by atoms with van der Waals surface area (Å²) in [6, 6.07) is 13.4. The molecule has 0 amide bonds. The second kappa shape index (κ2) is 8.71. The number of fused-ring (bicyclic) bond motifs is 1. The van der Waals surface area contributed by atoms with Gasteiger partial charge in [-0.3, -0.25) is 9.89 Å². The van der Waals surface area contributed by atoms with Gasteiger partial charge in [-0.05, 0) is 62.7 Å². The van der Waals surface area contributed by atoms with Gasteiger partial charge >= 0.3 is 5.97 Å². The molecule has 1 aliphatic heterocycles. The molecule has 6 heteroatoms. The summed E-state index contributed by atoms with van der Waals surface area (Å²) in [5.74, 6) is -0.377. The van der Waals surface area contributed by atoms with Crippen molar-refractivity contribution >= 4 is 28.3 Å². The van der Waals surface area contributed by atoms with E-state index in [2.05, 4.69) is 22.0 Å². The molecular formula is C24H27N3O3. The summed E-state index contributed by atoms with van der Waals surface area (Å²) < 4.78 is 4.76. The molecule has 156 valence electrons. The number of esters is 1. The number of H-pyrrole nitrogens is 1. The summed E-state index contributed by atoms with van der Waals surface area (Å²) >= 11 is 0. The maximum absolute atomic E-state index is 11.8. The molecule has 30 heavy (non-hydrogen) atoms. The van der Waals surface area contributed by atoms with E-state index in [1.807, 2.05) is 19.1 Å². The number of carbonyl (C=O) groups is 1. The molecule has 1 aliphatic rings. The van der Waals surface area contributed by atoms with Crippen LogP contribution in [0, 0.1) is 0 Å². The number of hydrogen-bond acceptors (Lipinski definition) is 5. The fraction of sp³-hybridized carbons (Fsp3) is 0.333. The van der Waals surface area contributed by atoms with E-state index in [9.17, 15) is 9.90 Å². The van der Waals surface area contributed by atoms with Gasteiger partial charge in [0.25, 0.3) is 0 Å². The van der Waals surface area contributed by atoms with Gasteiger partial charge in [-0.2, -0.15) is 0 Å². The smallest absolute Gasteiger partial charge is 0.337 e. The van der Waals surface area contributed by atoms with Gasteiger partial charge in [0.2, 0.25) is 0 Å². The molecule has 0 spiro atoms. The monoisotopic (exact) mass is 405 g/mol. The number of aliphatic imine (C=N–C) groups is 1. The number of likely N-dealkylation sites (tertiary alicyclic amines) is 1. The highest BCUT2D eigenvalue weighted by molar-refractivity contribution is 6.13. The molecule has 3 aromatic rings. The van der Waals surface area contributed by atoms with E-state index in [0.29, 0.717) is 22.4 Å². The zero-order chi connectivity index (χ0) is 21.1. The molecule has 0 saturated carbocycles. The quantitative estimate of drug-likeness (QED) is 0.473. The topological polar surface area (TPSA) is 77.9 Å². The van der Waals surface area contributed by atoms with Gasteiger partial charge in [-0.25, -0.2) is 4.79 Å². The number of piperidine rings is 1. The molecule has 1 saturated heterocycles. The summed E-state index contributed by atoms with van der Waals surface area (Å²) in [6.45, 7) is 5.21. The molecule has 2 heterocycles. The van der Waals surface area contributed by atoms with Gasteiger partial charge in [0.1, 0.15) is 0 Å². The summed E-state index contributed by atoms with van der Waals surface area (Å²) in [5, 5.41) is 11.2. The first-order chi connectivity index (χ1) is 14.5. The molecule has 1 aromatic heterocycles. The molecule has 0 radical (unpaired) electrons. The number of rotatable bonds is 5. The Balaban J connectivity index is 1.56. The molecule has 0 bridgehead atoms. The predicted octanol–water partition coefficient (Wildman–Crippen LogP) is 4.79. The molecule has 0 unspecified atom stereocenters. The second-order valence-corrected chi connectivity index (χ2v) is 7.80. The first-order valence-electron chi connectivity index (χ1n) is 10.3. The lowest BCUT2D eigenvalue weighted by molar-refractivity contribution is 0.0601. The third-order valence-electron chi connectivity index (χ3n) is 5.65. The van der Waals surface area contributed by atoms with Crippen LogP contribution in [0.3, 0.4) is 0 Å². The molecule has 2 N–H and O–H groups in total. The van der Waals surface area contributed by atoms with Crippen LogP contribution in [0.25, 0.3) is 10.9 Å². The minimum absolute atomic E-state index is 0.0370. The van der Waals surface area contributed by atoms with Crippen LogP contribution in [0.1, 0.15) is 47.7 Å². The van der Waals surface area contributed by atoms with Crippen molar-refractivity contribution in [1.29, 1.82) is 0 Å². The molecule has 0 atom stereocenters. The van der Waals surface area contributed by atoms with E-state index >= 15 is 0 Å². The van der Waals surface area contributed by atoms with Crippen LogP contribution in [0.2, 0.25) is 0 Å². The molecule has 1 fully saturated rings. The van der Waals surface area contributed by atoms with Crippen molar-refractivity contribution in [3.05, 3.63) is 59.2 Å². The Morgan fingerprint density at radius 3 is 2.57 bits per heavy atom. The second-order valence-electron chi connectivity index (χ2n) is 7.80. The fourth-order valence-electron chi connectivity index (χ4n) is 4.10. The van der Waals surface area contributed by atoms with Gasteiger partial charge in [0.05, 0.1) is 29.6 Å². The first kappa shape index (κ1) is 20.2. The maximum Gasteiger partial charge on any atom is 0.337 e. The van der Waals surface area contributed by atoms with E-state index in [0.717, 1.165) is 17.6 Å². The number of aromatic hydroxyl groups is 1. The number of carbonyl (C=O) groups excluding carboxylic acids is 1. The van der Waals surface area contributed by atoms with E-state index in [1.165, 1.54) is 45.0 Å². The standard InChI is InChI=1S/C24H27N3O3/c1-16(22-20-11-8-18(24(29)30-2)14-21(20)26-23(22)28)25-19-9-6-17(7-10-19)15-27-12-4-3-5-13-27/h6-11,14,26,28H,3-5,12-13,15H2,1-2H3. The molecule has 2 aromatic carbocycles. The lowest BCUT2D eigenvalue weighted by Crippen LogP contribution is -2.28. The van der Waals surface area contributed by atoms with Crippen LogP contribution in [-0.2, 0) is 11.3 Å². The Morgan fingerprint density at radius 1 is 1.13 bits per heavy atom. The Hall–Kier alpha value is -3.12. The van der Waals surface area contributed by atoms with Crippen LogP contribution < -0.4 is 0 Å². The van der Waals surface area contributed by atoms with Crippen LogP contribution in [-0.4, -0.2) is 46.9 Å². The normalized spacial score (nSPS) is 15.5. The highest BCUT2D eigenvalue weighted by atomic mass is 16.5. The summed E-state index contributed by atoms with van der Waals surface area (Å²) in [7, 11) is 1.35. The van der Waals surface area contributed by atoms with Gasteiger partial charge in [0.15, 0.2) is 5.88 Å². The Morgan fingerprint density at radius 2 is 1.87 bits per heavy atom. The van der Waals surface area contributed by atoms with Gasteiger partial charge in [0, 0.05) is 17.4 Å². The minimum Gasteiger partial charge on any atom is -0.494 e. The van der Waals surface area contributed by atoms with Gasteiger partial charge in [-0.15, -0.1) is 0 Å². The molecular weight excluding hydrogens is 378 g/mol. The van der Waals surface area contributed by atoms with Crippen molar-refractivity contribution in [2.24, 2.45) is 4.99 Å². The Kier molecular flexibility index (Phi) is 5.86. The van der Waals surface area contributed by atoms with E-state index in [1.54, 1.807) is 18.2 Å². The van der Waals surface area contributed by atoms with Crippen LogP contribution in [0.4, 0.5) is 5.69 Å². The molecule has 6 nitrogen and oxygen atoms in total. The molecule has 0 aliphatic carbocycles. The third kappa shape index (κ3) is 4.24. The zero-order valence-corrected chi connectivity index (χ0v) is 17.4. The number of ether oxygens (including phenoxy) is 1. The van der Waals surface area contributed by atoms with Crippen molar-refractivity contribution < 1.29 is 14.6 Å². The lowest BCUT2D eigenvalue weighted by atomic mass is 10.1. The van der Waals surface area contributed by atoms with Gasteiger partial charge < -0.3 is 14.8 Å². The number of benzene rings is 2. The van der Waals surface area contributed by atoms with Crippen molar-refractivity contribution in [2.45, 2.75) is 32.7 Å². The van der Waals surface area contributed by atoms with Crippen molar-refractivity contribution in [1.82, 2.24) is 9.88 Å². The van der Waals surface area contributed by atoms with Crippen molar-refractivity contribution in [3.63, 3.8) is 0 Å². The van der Waals surface area contributed by atoms with Crippen LogP contribution in [0.5, 0.6) is 5.88 Å². The minimum atomic E-state index is -0.414. The fourth-order valence-corrected chi connectivity index (χ4v) is 4.10. The van der Waals surface area contributed by atoms with Crippen molar-refractivity contribution in [3.8, 4) is 5.88 Å². The SMILES string of the molecule is COC(=O)c1ccc2c(C(C)=Nc3ccc(CN4CCCCC4)cc3)c(O)[nH]c2c1. The Bertz CT molecular complexity index is 1080. The number of nitrogens with one attached hydrogen (secondary N) is 1. The third-order valence-corrected chi connectivity index (χ3v) is 5.65. The predicted molar refractivity (Wildman–Crippen MR) is 119 cm³/mol. The average molecular weight is 405 g/mol. The summed E-state index contributed by atoms with van der Waals surface area (Å²) in [5.41, 5.74) is 4.56. The number of hydrogen-bond donors (Lipinski definition) is 2. The van der Waals surface area contributed by atoms with E-state index in [-0.39, 0.29) is 5.88 Å².